The third kappa shape index (κ3) is 7.70. The second kappa shape index (κ2) is 13.1. The number of ether oxygens (including phenoxy) is 2. The Kier molecular flexibility index (Phi) is 9.62. The Morgan fingerprint density at radius 2 is 1.69 bits per heavy atom. The van der Waals surface area contributed by atoms with Crippen LogP contribution in [0.25, 0.3) is 11.1 Å². The summed E-state index contributed by atoms with van der Waals surface area (Å²) in [5.74, 6) is -0.0737. The predicted octanol–water partition coefficient (Wildman–Crippen LogP) is 7.89. The number of nitrogens with zero attached hydrogens (tertiary/aromatic N) is 3. The lowest BCUT2D eigenvalue weighted by Crippen LogP contribution is -2.39. The van der Waals surface area contributed by atoms with Crippen molar-refractivity contribution in [1.82, 2.24) is 9.88 Å². The third-order valence-electron chi connectivity index (χ3n) is 9.20. The van der Waals surface area contributed by atoms with Crippen LogP contribution in [0, 0.1) is 19.3 Å². The molecule has 7 nitrogen and oxygen atoms in total. The van der Waals surface area contributed by atoms with Gasteiger partial charge in [-0.2, -0.15) is 0 Å². The number of carbonyl (C=O) groups is 1. The molecule has 0 spiro atoms. The molecule has 0 bridgehead atoms. The van der Waals surface area contributed by atoms with Crippen LogP contribution in [0.2, 0.25) is 0 Å². The molecule has 2 aliphatic heterocycles. The summed E-state index contributed by atoms with van der Waals surface area (Å²) in [5, 5.41) is 10.5. The molecular weight excluding hydrogens is 562 g/mol. The highest BCUT2D eigenvalue weighted by molar-refractivity contribution is 5.88. The lowest BCUT2D eigenvalue weighted by Gasteiger charge is -2.41. The fourth-order valence-electron chi connectivity index (χ4n) is 6.77. The van der Waals surface area contributed by atoms with Crippen molar-refractivity contribution in [3.8, 4) is 16.9 Å². The van der Waals surface area contributed by atoms with Crippen molar-refractivity contribution < 1.29 is 19.4 Å². The molecule has 2 aromatic carbocycles. The van der Waals surface area contributed by atoms with E-state index in [9.17, 15) is 9.90 Å². The predicted molar refractivity (Wildman–Crippen MR) is 181 cm³/mol. The van der Waals surface area contributed by atoms with Gasteiger partial charge in [-0.25, -0.2) is 4.79 Å². The molecule has 45 heavy (non-hydrogen) atoms. The number of hydrogen-bond donors (Lipinski definition) is 1. The molecule has 1 unspecified atom stereocenters. The molecule has 0 radical (unpaired) electrons. The minimum Gasteiger partial charge on any atom is -0.494 e. The SMILES string of the molecule is CCOc1ccc(CN2CCc3cc(-c4c(C)nc(C)c(C(OC(C)(C)C)C(=O)O)c4N4CCC(C)(C)CC4)ccc3C2)cc1. The third-order valence-corrected chi connectivity index (χ3v) is 9.20. The van der Waals surface area contributed by atoms with Crippen LogP contribution in [0.4, 0.5) is 5.69 Å². The Morgan fingerprint density at radius 3 is 2.31 bits per heavy atom. The minimum absolute atomic E-state index is 0.255. The smallest absolute Gasteiger partial charge is 0.337 e. The Bertz CT molecular complexity index is 1510. The molecule has 242 valence electrons. The van der Waals surface area contributed by atoms with Crippen LogP contribution in [0.15, 0.2) is 42.5 Å². The number of carboxylic acids is 1. The van der Waals surface area contributed by atoms with E-state index in [2.05, 4.69) is 73.0 Å². The monoisotopic (exact) mass is 613 g/mol. The molecule has 7 heteroatoms. The molecule has 5 rings (SSSR count). The van der Waals surface area contributed by atoms with Crippen molar-refractivity contribution in [2.24, 2.45) is 5.41 Å². The summed E-state index contributed by atoms with van der Waals surface area (Å²) in [5.41, 5.74) is 9.01. The van der Waals surface area contributed by atoms with E-state index in [0.717, 1.165) is 85.9 Å². The van der Waals surface area contributed by atoms with Crippen LogP contribution in [-0.4, -0.2) is 52.8 Å². The largest absolute Gasteiger partial charge is 0.494 e. The van der Waals surface area contributed by atoms with Crippen molar-refractivity contribution >= 4 is 11.7 Å². The minimum atomic E-state index is -1.12. The fraction of sp³-hybridized carbons (Fsp3) is 0.526. The van der Waals surface area contributed by atoms with Crippen molar-refractivity contribution in [3.63, 3.8) is 0 Å². The summed E-state index contributed by atoms with van der Waals surface area (Å²) in [6.45, 7) is 21.5. The number of carboxylic acid groups (broad SMARTS) is 1. The molecule has 3 heterocycles. The summed E-state index contributed by atoms with van der Waals surface area (Å²) in [6.07, 6.45) is 1.93. The number of anilines is 1. The van der Waals surface area contributed by atoms with Crippen molar-refractivity contribution in [3.05, 3.63) is 76.1 Å². The van der Waals surface area contributed by atoms with E-state index >= 15 is 0 Å². The standard InChI is InChI=1S/C38H51N3O4/c1-9-44-31-14-10-27(11-15-31)23-40-19-16-28-22-29(12-13-30(28)24-40)32-25(2)39-26(3)33(35(36(42)43)45-37(4,5)6)34(32)41-20-17-38(7,8)18-21-41/h10-15,22,35H,9,16-21,23-24H2,1-8H3,(H,42,43). The Morgan fingerprint density at radius 1 is 1.00 bits per heavy atom. The van der Waals surface area contributed by atoms with Gasteiger partial charge in [0, 0.05) is 55.2 Å². The van der Waals surface area contributed by atoms with Gasteiger partial charge in [0.25, 0.3) is 0 Å². The number of aryl methyl sites for hydroxylation is 2. The molecule has 1 atom stereocenters. The first-order valence-electron chi connectivity index (χ1n) is 16.5. The first kappa shape index (κ1) is 33.0. The lowest BCUT2D eigenvalue weighted by atomic mass is 9.81. The lowest BCUT2D eigenvalue weighted by molar-refractivity contribution is -0.160. The van der Waals surface area contributed by atoms with E-state index in [1.165, 1.54) is 16.7 Å². The van der Waals surface area contributed by atoms with Crippen LogP contribution in [0.5, 0.6) is 5.75 Å². The molecular formula is C38H51N3O4. The average Bonchev–Trinajstić information content (AvgIpc) is 2.96. The van der Waals surface area contributed by atoms with Gasteiger partial charge in [0.1, 0.15) is 5.75 Å². The zero-order valence-electron chi connectivity index (χ0n) is 28.5. The molecule has 1 N–H and O–H groups in total. The van der Waals surface area contributed by atoms with E-state index in [1.807, 2.05) is 34.6 Å². The number of fused-ring (bicyclic) bond motifs is 1. The molecule has 0 saturated carbocycles. The second-order valence-corrected chi connectivity index (χ2v) is 14.5. The normalized spacial score (nSPS) is 17.6. The first-order chi connectivity index (χ1) is 21.2. The zero-order valence-corrected chi connectivity index (χ0v) is 28.5. The number of hydrogen-bond acceptors (Lipinski definition) is 6. The Labute approximate surface area is 269 Å². The van der Waals surface area contributed by atoms with Crippen molar-refractivity contribution in [2.45, 2.75) is 99.4 Å². The van der Waals surface area contributed by atoms with E-state index < -0.39 is 17.7 Å². The fourth-order valence-corrected chi connectivity index (χ4v) is 6.77. The van der Waals surface area contributed by atoms with Crippen LogP contribution >= 0.6 is 0 Å². The summed E-state index contributed by atoms with van der Waals surface area (Å²) < 4.78 is 11.9. The number of pyridine rings is 1. The van der Waals surface area contributed by atoms with Crippen LogP contribution in [-0.2, 0) is 29.0 Å². The van der Waals surface area contributed by atoms with Gasteiger partial charge in [-0.15, -0.1) is 0 Å². The molecule has 3 aromatic rings. The quantitative estimate of drug-likeness (QED) is 0.263. The van der Waals surface area contributed by atoms with Gasteiger partial charge in [-0.05, 0) is 101 Å². The highest BCUT2D eigenvalue weighted by atomic mass is 16.5. The molecule has 1 fully saturated rings. The number of aliphatic carboxylic acids is 1. The van der Waals surface area contributed by atoms with Gasteiger partial charge in [0.15, 0.2) is 6.10 Å². The zero-order chi connectivity index (χ0) is 32.5. The second-order valence-electron chi connectivity index (χ2n) is 14.5. The van der Waals surface area contributed by atoms with Gasteiger partial charge in [0.2, 0.25) is 0 Å². The van der Waals surface area contributed by atoms with Crippen LogP contribution < -0.4 is 9.64 Å². The number of piperidine rings is 1. The van der Waals surface area contributed by atoms with Gasteiger partial charge in [-0.3, -0.25) is 9.88 Å². The van der Waals surface area contributed by atoms with Crippen molar-refractivity contribution in [2.75, 3.05) is 31.1 Å². The van der Waals surface area contributed by atoms with Gasteiger partial charge in [-0.1, -0.05) is 44.2 Å². The first-order valence-corrected chi connectivity index (χ1v) is 16.5. The summed E-state index contributed by atoms with van der Waals surface area (Å²) in [6, 6.07) is 15.2. The number of benzene rings is 2. The highest BCUT2D eigenvalue weighted by Gasteiger charge is 2.36. The van der Waals surface area contributed by atoms with Crippen molar-refractivity contribution in [1.29, 1.82) is 0 Å². The van der Waals surface area contributed by atoms with E-state index in [-0.39, 0.29) is 5.41 Å². The maximum atomic E-state index is 12.8. The summed E-state index contributed by atoms with van der Waals surface area (Å²) >= 11 is 0. The maximum Gasteiger partial charge on any atom is 0.337 e. The van der Waals surface area contributed by atoms with E-state index in [4.69, 9.17) is 14.5 Å². The summed E-state index contributed by atoms with van der Waals surface area (Å²) in [7, 11) is 0. The molecule has 0 aliphatic carbocycles. The van der Waals surface area contributed by atoms with Gasteiger partial charge >= 0.3 is 5.97 Å². The van der Waals surface area contributed by atoms with Crippen LogP contribution in [0.3, 0.4) is 0 Å². The molecule has 2 aliphatic rings. The Hall–Kier alpha value is -3.42. The molecule has 0 amide bonds. The average molecular weight is 614 g/mol. The van der Waals surface area contributed by atoms with Gasteiger partial charge < -0.3 is 19.5 Å². The maximum absolute atomic E-state index is 12.8. The Balaban J connectivity index is 1.52. The highest BCUT2D eigenvalue weighted by Crippen LogP contribution is 2.45. The number of aromatic nitrogens is 1. The molecule has 1 saturated heterocycles. The van der Waals surface area contributed by atoms with E-state index in [0.29, 0.717) is 12.2 Å². The molecule has 1 aromatic heterocycles. The van der Waals surface area contributed by atoms with Gasteiger partial charge in [0.05, 0.1) is 17.9 Å². The van der Waals surface area contributed by atoms with Crippen LogP contribution in [0.1, 0.15) is 94.1 Å². The summed E-state index contributed by atoms with van der Waals surface area (Å²) in [4.78, 5) is 22.7. The topological polar surface area (TPSA) is 75.1 Å². The van der Waals surface area contributed by atoms with E-state index in [1.54, 1.807) is 0 Å². The number of rotatable bonds is 9.